The molecule has 14 heteroatoms. The summed E-state index contributed by atoms with van der Waals surface area (Å²) in [7, 11) is 0. The van der Waals surface area contributed by atoms with Crippen molar-refractivity contribution in [3.05, 3.63) is 11.9 Å². The van der Waals surface area contributed by atoms with E-state index in [-0.39, 0.29) is 5.60 Å². The lowest BCUT2D eigenvalue weighted by Gasteiger charge is -2.19. The van der Waals surface area contributed by atoms with Crippen LogP contribution >= 0.6 is 0 Å². The summed E-state index contributed by atoms with van der Waals surface area (Å²) in [5.41, 5.74) is 1.06. The van der Waals surface area contributed by atoms with E-state index in [0.717, 1.165) is 51.1 Å². The molecule has 0 amide bonds. The van der Waals surface area contributed by atoms with Crippen molar-refractivity contribution in [2.45, 2.75) is 86.0 Å². The summed E-state index contributed by atoms with van der Waals surface area (Å²) in [5.74, 6) is 0. The number of aryl methyl sites for hydroxylation is 1. The van der Waals surface area contributed by atoms with Gasteiger partial charge in [-0.25, -0.2) is 0 Å². The molecule has 1 aromatic rings. The van der Waals surface area contributed by atoms with Crippen molar-refractivity contribution in [2.75, 3.05) is 132 Å². The van der Waals surface area contributed by atoms with Gasteiger partial charge < -0.3 is 52.1 Å². The van der Waals surface area contributed by atoms with Crippen LogP contribution < -0.4 is 0 Å². The van der Waals surface area contributed by atoms with Crippen molar-refractivity contribution >= 4 is 0 Å². The number of nitrogens with zero attached hydrogens (tertiary/aromatic N) is 3. The summed E-state index contributed by atoms with van der Waals surface area (Å²) in [6.45, 7) is 25.2. The molecule has 1 rings (SSSR count). The Morgan fingerprint density at radius 1 is 0.460 bits per heavy atom. The highest BCUT2D eigenvalue weighted by atomic mass is 16.6. The third-order valence-electron chi connectivity index (χ3n) is 6.75. The van der Waals surface area contributed by atoms with Crippen LogP contribution in [0.25, 0.3) is 0 Å². The van der Waals surface area contributed by atoms with Crippen molar-refractivity contribution < 1.29 is 52.1 Å². The number of rotatable bonds is 37. The van der Waals surface area contributed by atoms with E-state index >= 15 is 0 Å². The first kappa shape index (κ1) is 46.7. The summed E-state index contributed by atoms with van der Waals surface area (Å²) in [6, 6.07) is 0. The van der Waals surface area contributed by atoms with Gasteiger partial charge in [-0.2, -0.15) is 0 Å². The highest BCUT2D eigenvalue weighted by molar-refractivity contribution is 4.89. The number of hydrogen-bond acceptors (Lipinski definition) is 13. The zero-order chi connectivity index (χ0) is 36.4. The van der Waals surface area contributed by atoms with Crippen LogP contribution in [-0.4, -0.2) is 153 Å². The van der Waals surface area contributed by atoms with Gasteiger partial charge in [0.2, 0.25) is 0 Å². The molecule has 0 spiro atoms. The quantitative estimate of drug-likeness (QED) is 0.0903. The lowest BCUT2D eigenvalue weighted by molar-refractivity contribution is -0.0269. The van der Waals surface area contributed by atoms with Gasteiger partial charge in [0.25, 0.3) is 0 Å². The molecular formula is C36H71N3O11. The maximum atomic E-state index is 5.75. The van der Waals surface area contributed by atoms with Crippen LogP contribution in [0.3, 0.4) is 0 Å². The second-order valence-electron chi connectivity index (χ2n) is 13.9. The molecule has 0 saturated heterocycles. The topological polar surface area (TPSA) is 132 Å². The Balaban J connectivity index is 1.70. The smallest absolute Gasteiger partial charge is 0.108 e. The molecule has 0 N–H and O–H groups in total. The van der Waals surface area contributed by atoms with Crippen molar-refractivity contribution in [3.8, 4) is 0 Å². The minimum atomic E-state index is -0.0703. The summed E-state index contributed by atoms with van der Waals surface area (Å²) < 4.78 is 62.9. The van der Waals surface area contributed by atoms with Gasteiger partial charge in [-0.1, -0.05) is 26.0 Å². The van der Waals surface area contributed by atoms with Gasteiger partial charge in [-0.15, -0.1) is 5.10 Å². The van der Waals surface area contributed by atoms with E-state index in [1.807, 2.05) is 10.9 Å². The first-order valence-electron chi connectivity index (χ1n) is 18.5. The molecule has 0 aliphatic carbocycles. The number of aromatic nitrogens is 3. The summed E-state index contributed by atoms with van der Waals surface area (Å²) >= 11 is 0. The van der Waals surface area contributed by atoms with Gasteiger partial charge in [0, 0.05) is 19.8 Å². The first-order chi connectivity index (χ1) is 24.2. The molecule has 1 aromatic heterocycles. The molecule has 0 saturated carbocycles. The molecule has 0 radical (unpaired) electrons. The van der Waals surface area contributed by atoms with Crippen molar-refractivity contribution in [3.63, 3.8) is 0 Å². The van der Waals surface area contributed by atoms with Crippen LogP contribution in [0.4, 0.5) is 0 Å². The zero-order valence-electron chi connectivity index (χ0n) is 32.3. The average Bonchev–Trinajstić information content (AvgIpc) is 3.51. The fourth-order valence-electron chi connectivity index (χ4n) is 3.98. The molecule has 296 valence electrons. The Labute approximate surface area is 302 Å². The zero-order valence-corrected chi connectivity index (χ0v) is 32.3. The average molecular weight is 722 g/mol. The third kappa shape index (κ3) is 35.1. The van der Waals surface area contributed by atoms with Crippen LogP contribution in [0.1, 0.15) is 72.9 Å². The van der Waals surface area contributed by atoms with E-state index < -0.39 is 0 Å². The van der Waals surface area contributed by atoms with Crippen LogP contribution in [0.15, 0.2) is 6.20 Å². The minimum absolute atomic E-state index is 0.0703. The Morgan fingerprint density at radius 2 is 0.840 bits per heavy atom. The van der Waals surface area contributed by atoms with E-state index in [4.69, 9.17) is 52.1 Å². The first-order valence-corrected chi connectivity index (χ1v) is 18.5. The van der Waals surface area contributed by atoms with E-state index in [1.165, 1.54) is 0 Å². The summed E-state index contributed by atoms with van der Waals surface area (Å²) in [5, 5.41) is 8.34. The molecular weight excluding hydrogens is 650 g/mol. The molecule has 0 aliphatic rings. The van der Waals surface area contributed by atoms with Crippen molar-refractivity contribution in [1.82, 2.24) is 15.0 Å². The summed E-state index contributed by atoms with van der Waals surface area (Å²) in [6.07, 6.45) is 6.19. The molecule has 50 heavy (non-hydrogen) atoms. The van der Waals surface area contributed by atoms with Crippen molar-refractivity contribution in [2.24, 2.45) is 5.41 Å². The molecule has 0 aromatic carbocycles. The summed E-state index contributed by atoms with van der Waals surface area (Å²) in [4.78, 5) is 0. The standard InChI is InChI=1S/C36H71N3O11/c1-35(2,3)10-13-40-14-15-41-16-17-42-18-19-43-20-21-44-22-23-45-24-25-46-26-27-47-28-29-48-30-31-49-33-34-32-39(38-37-34)11-8-7-9-12-50-36(4,5)6/h32H,7-31,33H2,1-6H3. The molecule has 0 bridgehead atoms. The lowest BCUT2D eigenvalue weighted by Crippen LogP contribution is -2.19. The fraction of sp³-hybridized carbons (Fsp3) is 0.944. The molecule has 1 heterocycles. The highest BCUT2D eigenvalue weighted by Gasteiger charge is 2.10. The maximum Gasteiger partial charge on any atom is 0.108 e. The Kier molecular flexibility index (Phi) is 30.2. The fourth-order valence-corrected chi connectivity index (χ4v) is 3.98. The van der Waals surface area contributed by atoms with Gasteiger partial charge >= 0.3 is 0 Å². The van der Waals surface area contributed by atoms with Gasteiger partial charge in [0.15, 0.2) is 0 Å². The molecule has 0 aliphatic heterocycles. The lowest BCUT2D eigenvalue weighted by atomic mass is 9.93. The van der Waals surface area contributed by atoms with Gasteiger partial charge in [0.1, 0.15) is 5.69 Å². The predicted molar refractivity (Wildman–Crippen MR) is 191 cm³/mol. The number of hydrogen-bond donors (Lipinski definition) is 0. The molecule has 14 nitrogen and oxygen atoms in total. The van der Waals surface area contributed by atoms with E-state index in [9.17, 15) is 0 Å². The molecule has 0 fully saturated rings. The Hall–Kier alpha value is -1.30. The maximum absolute atomic E-state index is 5.75. The highest BCUT2D eigenvalue weighted by Crippen LogP contribution is 2.17. The molecule has 0 unspecified atom stereocenters. The minimum Gasteiger partial charge on any atom is -0.379 e. The SMILES string of the molecule is CC(C)(C)CCOCCOCCOCCOCCOCCOCCOCCOCCOCCOCc1cn(CCCCCOC(C)(C)C)nn1. The predicted octanol–water partition coefficient (Wildman–Crippen LogP) is 4.37. The Bertz CT molecular complexity index is 850. The van der Waals surface area contributed by atoms with Crippen molar-refractivity contribution in [1.29, 1.82) is 0 Å². The van der Waals surface area contributed by atoms with Crippen LogP contribution in [0.2, 0.25) is 0 Å². The monoisotopic (exact) mass is 722 g/mol. The number of ether oxygens (including phenoxy) is 11. The van der Waals surface area contributed by atoms with E-state index in [0.29, 0.717) is 131 Å². The van der Waals surface area contributed by atoms with E-state index in [1.54, 1.807) is 0 Å². The second-order valence-corrected chi connectivity index (χ2v) is 13.9. The van der Waals surface area contributed by atoms with Crippen LogP contribution in [0.5, 0.6) is 0 Å². The Morgan fingerprint density at radius 3 is 1.22 bits per heavy atom. The van der Waals surface area contributed by atoms with E-state index in [2.05, 4.69) is 51.9 Å². The van der Waals surface area contributed by atoms with Gasteiger partial charge in [0.05, 0.1) is 137 Å². The van der Waals surface area contributed by atoms with Crippen LogP contribution in [-0.2, 0) is 65.3 Å². The van der Waals surface area contributed by atoms with Gasteiger partial charge in [-0.05, 0) is 51.9 Å². The normalized spacial score (nSPS) is 12.4. The second kappa shape index (κ2) is 32.4. The third-order valence-corrected chi connectivity index (χ3v) is 6.75. The van der Waals surface area contributed by atoms with Crippen LogP contribution in [0, 0.1) is 5.41 Å². The van der Waals surface area contributed by atoms with Gasteiger partial charge in [-0.3, -0.25) is 4.68 Å². The largest absolute Gasteiger partial charge is 0.379 e. The number of unbranched alkanes of at least 4 members (excludes halogenated alkanes) is 2. The molecule has 0 atom stereocenters.